The molecular weight excluding hydrogens is 546 g/mol. The van der Waals surface area contributed by atoms with Crippen LogP contribution in [0.5, 0.6) is 11.5 Å². The van der Waals surface area contributed by atoms with E-state index >= 15 is 0 Å². The third-order valence-electron chi connectivity index (χ3n) is 7.58. The monoisotopic (exact) mass is 572 g/mol. The normalized spacial score (nSPS) is 24.1. The lowest BCUT2D eigenvalue weighted by Gasteiger charge is -2.38. The van der Waals surface area contributed by atoms with Crippen LogP contribution in [0.3, 0.4) is 0 Å². The van der Waals surface area contributed by atoms with Crippen molar-refractivity contribution in [3.05, 3.63) is 59.1 Å². The van der Waals surface area contributed by atoms with Crippen LogP contribution in [0.15, 0.2) is 43.2 Å². The van der Waals surface area contributed by atoms with E-state index in [1.165, 1.54) is 24.5 Å². The minimum absolute atomic E-state index is 0.0284. The third kappa shape index (κ3) is 5.11. The van der Waals surface area contributed by atoms with E-state index in [9.17, 15) is 9.18 Å². The third-order valence-corrected chi connectivity index (χ3v) is 8.36. The van der Waals surface area contributed by atoms with E-state index in [1.54, 1.807) is 0 Å². The second-order valence-corrected chi connectivity index (χ2v) is 10.8. The topological polar surface area (TPSA) is 85.8 Å². The Morgan fingerprint density at radius 3 is 2.56 bits per heavy atom. The maximum absolute atomic E-state index is 14.8. The quantitative estimate of drug-likeness (QED) is 0.271. The van der Waals surface area contributed by atoms with Gasteiger partial charge in [-0.1, -0.05) is 29.8 Å². The minimum atomic E-state index is -0.676. The highest BCUT2D eigenvalue weighted by Gasteiger charge is 2.43. The maximum atomic E-state index is 14.8. The van der Waals surface area contributed by atoms with Gasteiger partial charge in [-0.15, -0.1) is 0 Å². The number of carbonyl (C=O) groups excluding carboxylic acids is 1. The summed E-state index contributed by atoms with van der Waals surface area (Å²) >= 11 is 12.0. The number of benzene rings is 2. The van der Waals surface area contributed by atoms with Crippen molar-refractivity contribution < 1.29 is 23.4 Å². The molecule has 1 amide bonds. The zero-order valence-electron chi connectivity index (χ0n) is 21.0. The lowest BCUT2D eigenvalue weighted by atomic mass is 9.99. The van der Waals surface area contributed by atoms with E-state index in [0.717, 1.165) is 19.3 Å². The smallest absolute Gasteiger partial charge is 0.246 e. The van der Waals surface area contributed by atoms with Gasteiger partial charge in [0.05, 0.1) is 34.5 Å². The molecule has 6 rings (SSSR count). The predicted octanol–water partition coefficient (Wildman–Crippen LogP) is 6.07. The van der Waals surface area contributed by atoms with Gasteiger partial charge >= 0.3 is 0 Å². The molecule has 1 aromatic heterocycles. The van der Waals surface area contributed by atoms with E-state index in [2.05, 4.69) is 21.9 Å². The molecule has 0 aliphatic carbocycles. The fourth-order valence-corrected chi connectivity index (χ4v) is 6.06. The summed E-state index contributed by atoms with van der Waals surface area (Å²) in [6.45, 7) is 4.79. The molecule has 4 atom stereocenters. The van der Waals surface area contributed by atoms with Gasteiger partial charge < -0.3 is 24.4 Å². The predicted molar refractivity (Wildman–Crippen MR) is 147 cm³/mol. The fraction of sp³-hybridized carbons (Fsp3) is 0.393. The van der Waals surface area contributed by atoms with Gasteiger partial charge in [0.15, 0.2) is 17.3 Å². The van der Waals surface area contributed by atoms with Crippen molar-refractivity contribution in [3.63, 3.8) is 0 Å². The number of rotatable bonds is 7. The number of ether oxygens (including phenoxy) is 3. The number of piperidine rings is 1. The first-order chi connectivity index (χ1) is 18.9. The van der Waals surface area contributed by atoms with Gasteiger partial charge in [0.25, 0.3) is 0 Å². The SMILES string of the molecule is C=CC(=O)N1C2CC[C@H]1CC(Oc1cc3c(Nc4ccc(Cl)c(Cl)c4F)ncnc3cc1O[C@@H]1CCOC1)C2. The standard InChI is InChI=1S/C28H27Cl2FN4O4/c1-2-25(36)35-15-3-4-16(35)10-18(9-15)39-23-11-19-22(12-24(23)38-17-7-8-37-13-17)32-14-33-28(19)34-21-6-5-20(29)26(30)27(21)31/h2,5-6,11-12,14-18H,1,3-4,7-10,13H2,(H,32,33,34)/t15-,16?,17+,18?/m0/s1. The zero-order valence-corrected chi connectivity index (χ0v) is 22.6. The number of fused-ring (bicyclic) bond motifs is 3. The van der Waals surface area contributed by atoms with Gasteiger partial charge in [-0.05, 0) is 37.1 Å². The van der Waals surface area contributed by atoms with Gasteiger partial charge in [0.2, 0.25) is 5.91 Å². The van der Waals surface area contributed by atoms with Crippen LogP contribution < -0.4 is 14.8 Å². The van der Waals surface area contributed by atoms with Crippen LogP contribution in [-0.2, 0) is 9.53 Å². The van der Waals surface area contributed by atoms with Crippen LogP contribution in [0, 0.1) is 5.82 Å². The summed E-state index contributed by atoms with van der Waals surface area (Å²) in [6, 6.07) is 6.88. The first-order valence-corrected chi connectivity index (χ1v) is 13.7. The lowest BCUT2D eigenvalue weighted by molar-refractivity contribution is -0.131. The van der Waals surface area contributed by atoms with Crippen molar-refractivity contribution in [1.29, 1.82) is 0 Å². The summed E-state index contributed by atoms with van der Waals surface area (Å²) in [4.78, 5) is 23.1. The number of amides is 1. The molecule has 2 bridgehead atoms. The van der Waals surface area contributed by atoms with E-state index in [1.807, 2.05) is 17.0 Å². The van der Waals surface area contributed by atoms with E-state index < -0.39 is 5.82 Å². The summed E-state index contributed by atoms with van der Waals surface area (Å²) in [7, 11) is 0. The molecule has 3 aromatic rings. The van der Waals surface area contributed by atoms with Crippen LogP contribution >= 0.6 is 23.2 Å². The van der Waals surface area contributed by atoms with Gasteiger partial charge in [-0.25, -0.2) is 14.4 Å². The van der Waals surface area contributed by atoms with Gasteiger partial charge in [0, 0.05) is 42.8 Å². The number of nitrogens with one attached hydrogen (secondary N) is 1. The first-order valence-electron chi connectivity index (χ1n) is 13.0. The largest absolute Gasteiger partial charge is 0.486 e. The highest BCUT2D eigenvalue weighted by molar-refractivity contribution is 6.42. The lowest BCUT2D eigenvalue weighted by Crippen LogP contribution is -2.48. The second kappa shape index (κ2) is 10.8. The Bertz CT molecular complexity index is 1420. The maximum Gasteiger partial charge on any atom is 0.246 e. The summed E-state index contributed by atoms with van der Waals surface area (Å²) in [5.74, 6) is 0.767. The molecule has 0 radical (unpaired) electrons. The molecule has 3 fully saturated rings. The first kappa shape index (κ1) is 26.1. The highest BCUT2D eigenvalue weighted by Crippen LogP contribution is 2.42. The average molecular weight is 573 g/mol. The molecule has 39 heavy (non-hydrogen) atoms. The van der Waals surface area contributed by atoms with E-state index in [4.69, 9.17) is 37.4 Å². The van der Waals surface area contributed by atoms with Crippen molar-refractivity contribution in [3.8, 4) is 11.5 Å². The van der Waals surface area contributed by atoms with Crippen molar-refractivity contribution in [2.75, 3.05) is 18.5 Å². The summed E-state index contributed by atoms with van der Waals surface area (Å²) in [6.07, 6.45) is 6.67. The Balaban J connectivity index is 1.34. The van der Waals surface area contributed by atoms with Gasteiger partial charge in [-0.3, -0.25) is 4.79 Å². The molecule has 3 saturated heterocycles. The molecule has 4 heterocycles. The van der Waals surface area contributed by atoms with Crippen LogP contribution in [0.2, 0.25) is 10.0 Å². The number of hydrogen-bond acceptors (Lipinski definition) is 7. The second-order valence-electron chi connectivity index (χ2n) is 10.0. The highest BCUT2D eigenvalue weighted by atomic mass is 35.5. The molecule has 0 saturated carbocycles. The Hall–Kier alpha value is -3.14. The van der Waals surface area contributed by atoms with Crippen molar-refractivity contribution in [1.82, 2.24) is 14.9 Å². The minimum Gasteiger partial charge on any atom is -0.486 e. The number of anilines is 2. The molecule has 0 spiro atoms. The number of aromatic nitrogens is 2. The van der Waals surface area contributed by atoms with Gasteiger partial charge in [-0.2, -0.15) is 0 Å². The summed E-state index contributed by atoms with van der Waals surface area (Å²) in [5, 5.41) is 3.59. The van der Waals surface area contributed by atoms with E-state index in [-0.39, 0.29) is 45.9 Å². The zero-order chi connectivity index (χ0) is 27.1. The van der Waals surface area contributed by atoms with Crippen LogP contribution in [0.25, 0.3) is 10.9 Å². The van der Waals surface area contributed by atoms with Crippen molar-refractivity contribution in [2.45, 2.75) is 56.4 Å². The molecule has 11 heteroatoms. The molecule has 2 aromatic carbocycles. The molecular formula is C28H27Cl2FN4O4. The van der Waals surface area contributed by atoms with Crippen LogP contribution in [0.1, 0.15) is 32.1 Å². The van der Waals surface area contributed by atoms with Crippen molar-refractivity contribution in [2.24, 2.45) is 0 Å². The van der Waals surface area contributed by atoms with Crippen LogP contribution in [0.4, 0.5) is 15.9 Å². The molecule has 3 aliphatic rings. The molecule has 204 valence electrons. The Kier molecular flexibility index (Phi) is 7.22. The molecule has 1 N–H and O–H groups in total. The Morgan fingerprint density at radius 1 is 1.10 bits per heavy atom. The molecule has 8 nitrogen and oxygen atoms in total. The number of halogens is 3. The summed E-state index contributed by atoms with van der Waals surface area (Å²) < 4.78 is 33.2. The summed E-state index contributed by atoms with van der Waals surface area (Å²) in [5.41, 5.74) is 0.729. The Morgan fingerprint density at radius 2 is 1.85 bits per heavy atom. The average Bonchev–Trinajstić information content (AvgIpc) is 3.54. The van der Waals surface area contributed by atoms with Crippen LogP contribution in [-0.4, -0.2) is 58.3 Å². The fourth-order valence-electron chi connectivity index (χ4n) is 5.75. The number of nitrogens with zero attached hydrogens (tertiary/aromatic N) is 3. The van der Waals surface area contributed by atoms with E-state index in [0.29, 0.717) is 54.3 Å². The number of carbonyl (C=O) groups is 1. The molecule has 2 unspecified atom stereocenters. The Labute approximate surface area is 235 Å². The molecule has 3 aliphatic heterocycles. The van der Waals surface area contributed by atoms with Crippen molar-refractivity contribution >= 4 is 51.5 Å². The number of hydrogen-bond donors (Lipinski definition) is 1. The van der Waals surface area contributed by atoms with Gasteiger partial charge in [0.1, 0.15) is 24.4 Å².